The Balaban J connectivity index is 1.91. The van der Waals surface area contributed by atoms with Gasteiger partial charge in [-0.1, -0.05) is 0 Å². The van der Waals surface area contributed by atoms with E-state index in [-0.39, 0.29) is 5.97 Å². The number of benzene rings is 1. The van der Waals surface area contributed by atoms with Gasteiger partial charge < -0.3 is 14.8 Å². The van der Waals surface area contributed by atoms with Crippen LogP contribution in [0.4, 0.5) is 5.69 Å². The maximum Gasteiger partial charge on any atom is 0.307 e. The first-order valence-corrected chi connectivity index (χ1v) is 5.86. The molecule has 1 aliphatic rings. The Hall–Kier alpha value is -1.71. The summed E-state index contributed by atoms with van der Waals surface area (Å²) < 4.78 is 10.1. The zero-order valence-electron chi connectivity index (χ0n) is 9.99. The summed E-state index contributed by atoms with van der Waals surface area (Å²) in [6, 6.07) is 6.04. The highest BCUT2D eigenvalue weighted by Crippen LogP contribution is 2.27. The first kappa shape index (κ1) is 11.8. The first-order chi connectivity index (χ1) is 8.29. The van der Waals surface area contributed by atoms with Crippen LogP contribution in [0, 0.1) is 0 Å². The third-order valence-electron chi connectivity index (χ3n) is 2.79. The SMILES string of the molecule is COC(=O)CCNc1ccc2c(c1)CCCO2. The molecule has 0 atom stereocenters. The zero-order valence-corrected chi connectivity index (χ0v) is 9.99. The van der Waals surface area contributed by atoms with Gasteiger partial charge in [0.25, 0.3) is 0 Å². The molecule has 4 nitrogen and oxygen atoms in total. The van der Waals surface area contributed by atoms with Crippen molar-refractivity contribution in [2.45, 2.75) is 19.3 Å². The summed E-state index contributed by atoms with van der Waals surface area (Å²) in [5.74, 6) is 0.786. The van der Waals surface area contributed by atoms with Crippen LogP contribution in [-0.2, 0) is 16.0 Å². The quantitative estimate of drug-likeness (QED) is 0.811. The highest BCUT2D eigenvalue weighted by Gasteiger charge is 2.10. The van der Waals surface area contributed by atoms with Gasteiger partial charge in [0.05, 0.1) is 20.1 Å². The molecule has 1 aliphatic heterocycles. The summed E-state index contributed by atoms with van der Waals surface area (Å²) in [5, 5.41) is 3.20. The Bertz CT molecular complexity index is 404. The first-order valence-electron chi connectivity index (χ1n) is 5.86. The molecule has 0 saturated carbocycles. The smallest absolute Gasteiger partial charge is 0.307 e. The lowest BCUT2D eigenvalue weighted by atomic mass is 10.1. The second-order valence-corrected chi connectivity index (χ2v) is 4.03. The Labute approximate surface area is 101 Å². The molecule has 1 aromatic carbocycles. The van der Waals surface area contributed by atoms with Crippen LogP contribution in [-0.4, -0.2) is 26.2 Å². The van der Waals surface area contributed by atoms with Crippen molar-refractivity contribution in [2.75, 3.05) is 25.6 Å². The third-order valence-corrected chi connectivity index (χ3v) is 2.79. The van der Waals surface area contributed by atoms with Crippen molar-refractivity contribution < 1.29 is 14.3 Å². The van der Waals surface area contributed by atoms with E-state index < -0.39 is 0 Å². The van der Waals surface area contributed by atoms with E-state index in [0.29, 0.717) is 13.0 Å². The van der Waals surface area contributed by atoms with Gasteiger partial charge in [-0.05, 0) is 36.6 Å². The van der Waals surface area contributed by atoms with Gasteiger partial charge >= 0.3 is 5.97 Å². The predicted octanol–water partition coefficient (Wildman–Crippen LogP) is 1.99. The van der Waals surface area contributed by atoms with Crippen LogP contribution in [0.25, 0.3) is 0 Å². The van der Waals surface area contributed by atoms with Crippen molar-refractivity contribution in [3.8, 4) is 5.75 Å². The summed E-state index contributed by atoms with van der Waals surface area (Å²) in [6.07, 6.45) is 2.50. The van der Waals surface area contributed by atoms with Gasteiger partial charge in [-0.2, -0.15) is 0 Å². The lowest BCUT2D eigenvalue weighted by molar-refractivity contribution is -0.140. The third kappa shape index (κ3) is 3.12. The summed E-state index contributed by atoms with van der Waals surface area (Å²) in [5.41, 5.74) is 2.26. The average Bonchev–Trinajstić information content (AvgIpc) is 2.38. The van der Waals surface area contributed by atoms with Crippen LogP contribution in [0.2, 0.25) is 0 Å². The summed E-state index contributed by atoms with van der Waals surface area (Å²) in [4.78, 5) is 11.0. The molecule has 92 valence electrons. The number of nitrogens with one attached hydrogen (secondary N) is 1. The summed E-state index contributed by atoms with van der Waals surface area (Å²) in [6.45, 7) is 1.40. The number of carbonyl (C=O) groups excluding carboxylic acids is 1. The van der Waals surface area contributed by atoms with Crippen molar-refractivity contribution in [3.05, 3.63) is 23.8 Å². The molecule has 1 heterocycles. The van der Waals surface area contributed by atoms with Gasteiger partial charge in [0.15, 0.2) is 0 Å². The Morgan fingerprint density at radius 2 is 2.41 bits per heavy atom. The second kappa shape index (κ2) is 5.57. The van der Waals surface area contributed by atoms with Crippen molar-refractivity contribution in [3.63, 3.8) is 0 Å². The van der Waals surface area contributed by atoms with Gasteiger partial charge in [0.2, 0.25) is 0 Å². The minimum atomic E-state index is -0.196. The number of aryl methyl sites for hydroxylation is 1. The van der Waals surface area contributed by atoms with E-state index in [9.17, 15) is 4.79 Å². The molecular weight excluding hydrogens is 218 g/mol. The normalized spacial score (nSPS) is 13.5. The second-order valence-electron chi connectivity index (χ2n) is 4.03. The molecule has 1 N–H and O–H groups in total. The molecule has 0 bridgehead atoms. The Kier molecular flexibility index (Phi) is 3.85. The molecule has 0 aromatic heterocycles. The van der Waals surface area contributed by atoms with Crippen LogP contribution in [0.5, 0.6) is 5.75 Å². The van der Waals surface area contributed by atoms with Crippen LogP contribution in [0.15, 0.2) is 18.2 Å². The number of rotatable bonds is 4. The van der Waals surface area contributed by atoms with Crippen molar-refractivity contribution in [2.24, 2.45) is 0 Å². The van der Waals surface area contributed by atoms with Crippen LogP contribution < -0.4 is 10.1 Å². The van der Waals surface area contributed by atoms with E-state index in [1.807, 2.05) is 12.1 Å². The monoisotopic (exact) mass is 235 g/mol. The van der Waals surface area contributed by atoms with Crippen LogP contribution >= 0.6 is 0 Å². The number of ether oxygens (including phenoxy) is 2. The summed E-state index contributed by atoms with van der Waals surface area (Å²) >= 11 is 0. The molecule has 4 heteroatoms. The molecule has 0 unspecified atom stereocenters. The fourth-order valence-electron chi connectivity index (χ4n) is 1.88. The number of fused-ring (bicyclic) bond motifs is 1. The number of anilines is 1. The minimum absolute atomic E-state index is 0.196. The lowest BCUT2D eigenvalue weighted by Crippen LogP contribution is -2.11. The molecule has 0 aliphatic carbocycles. The Morgan fingerprint density at radius 3 is 3.24 bits per heavy atom. The fourth-order valence-corrected chi connectivity index (χ4v) is 1.88. The van der Waals surface area contributed by atoms with E-state index in [2.05, 4.69) is 16.1 Å². The van der Waals surface area contributed by atoms with Gasteiger partial charge in [-0.25, -0.2) is 0 Å². The van der Waals surface area contributed by atoms with Gasteiger partial charge in [-0.15, -0.1) is 0 Å². The topological polar surface area (TPSA) is 47.6 Å². The van der Waals surface area contributed by atoms with Crippen LogP contribution in [0.1, 0.15) is 18.4 Å². The van der Waals surface area contributed by atoms with E-state index in [0.717, 1.165) is 30.9 Å². The number of carbonyl (C=O) groups is 1. The minimum Gasteiger partial charge on any atom is -0.493 e. The molecule has 0 radical (unpaired) electrons. The maximum atomic E-state index is 11.0. The molecular formula is C13H17NO3. The highest BCUT2D eigenvalue weighted by atomic mass is 16.5. The number of esters is 1. The summed E-state index contributed by atoms with van der Waals surface area (Å²) in [7, 11) is 1.40. The molecule has 2 rings (SSSR count). The largest absolute Gasteiger partial charge is 0.493 e. The molecule has 0 fully saturated rings. The van der Waals surface area contributed by atoms with E-state index >= 15 is 0 Å². The maximum absolute atomic E-state index is 11.0. The van der Waals surface area contributed by atoms with E-state index in [1.54, 1.807) is 0 Å². The molecule has 0 saturated heterocycles. The Morgan fingerprint density at radius 1 is 1.53 bits per heavy atom. The van der Waals surface area contributed by atoms with Crippen molar-refractivity contribution in [1.29, 1.82) is 0 Å². The van der Waals surface area contributed by atoms with E-state index in [4.69, 9.17) is 4.74 Å². The molecule has 0 amide bonds. The number of hydrogen-bond donors (Lipinski definition) is 1. The number of hydrogen-bond acceptors (Lipinski definition) is 4. The molecule has 17 heavy (non-hydrogen) atoms. The van der Waals surface area contributed by atoms with Gasteiger partial charge in [-0.3, -0.25) is 4.79 Å². The average molecular weight is 235 g/mol. The number of methoxy groups -OCH3 is 1. The van der Waals surface area contributed by atoms with Crippen molar-refractivity contribution in [1.82, 2.24) is 0 Å². The lowest BCUT2D eigenvalue weighted by Gasteiger charge is -2.18. The molecule has 0 spiro atoms. The van der Waals surface area contributed by atoms with Crippen molar-refractivity contribution >= 4 is 11.7 Å². The highest BCUT2D eigenvalue weighted by molar-refractivity contribution is 5.69. The fraction of sp³-hybridized carbons (Fsp3) is 0.462. The standard InChI is InChI=1S/C13H17NO3/c1-16-13(15)6-7-14-11-4-5-12-10(9-11)3-2-8-17-12/h4-5,9,14H,2-3,6-8H2,1H3. The predicted molar refractivity (Wildman–Crippen MR) is 65.4 cm³/mol. The van der Waals surface area contributed by atoms with Gasteiger partial charge in [0, 0.05) is 12.2 Å². The van der Waals surface area contributed by atoms with E-state index in [1.165, 1.54) is 12.7 Å². The zero-order chi connectivity index (χ0) is 12.1. The van der Waals surface area contributed by atoms with Gasteiger partial charge in [0.1, 0.15) is 5.75 Å². The van der Waals surface area contributed by atoms with Crippen LogP contribution in [0.3, 0.4) is 0 Å². The molecule has 1 aromatic rings.